The predicted octanol–water partition coefficient (Wildman–Crippen LogP) is 3.16. The summed E-state index contributed by atoms with van der Waals surface area (Å²) in [4.78, 5) is 0. The molecule has 2 rings (SSSR count). The zero-order valence-electron chi connectivity index (χ0n) is 9.13. The van der Waals surface area contributed by atoms with Crippen LogP contribution in [0, 0.1) is 11.8 Å². The summed E-state index contributed by atoms with van der Waals surface area (Å²) in [5.74, 6) is 1.33. The van der Waals surface area contributed by atoms with Crippen molar-refractivity contribution in [2.75, 3.05) is 0 Å². The molecule has 0 N–H and O–H groups in total. The summed E-state index contributed by atoms with van der Waals surface area (Å²) in [6.07, 6.45) is 5.18. The Hall–Kier alpha value is -0.300. The zero-order valence-corrected chi connectivity index (χ0v) is 9.13. The minimum absolute atomic E-state index is 0.170. The first-order chi connectivity index (χ1) is 6.05. The lowest BCUT2D eigenvalue weighted by Gasteiger charge is -2.34. The number of fused-ring (bicyclic) bond motifs is 2. The van der Waals surface area contributed by atoms with Gasteiger partial charge in [0.1, 0.15) is 0 Å². The van der Waals surface area contributed by atoms with Crippen LogP contribution in [0.3, 0.4) is 0 Å². The number of ether oxygens (including phenoxy) is 1. The van der Waals surface area contributed by atoms with Gasteiger partial charge in [-0.15, -0.1) is 0 Å². The van der Waals surface area contributed by atoms with Crippen molar-refractivity contribution in [1.29, 1.82) is 0 Å². The molecule has 1 nitrogen and oxygen atoms in total. The van der Waals surface area contributed by atoms with Crippen molar-refractivity contribution < 1.29 is 4.74 Å². The van der Waals surface area contributed by atoms with Gasteiger partial charge in [-0.2, -0.15) is 0 Å². The monoisotopic (exact) mass is 180 g/mol. The van der Waals surface area contributed by atoms with Crippen LogP contribution in [0.25, 0.3) is 0 Å². The smallest absolute Gasteiger partial charge is 0.0750 e. The van der Waals surface area contributed by atoms with Crippen LogP contribution in [-0.4, -0.2) is 11.7 Å². The van der Waals surface area contributed by atoms with Gasteiger partial charge in [-0.25, -0.2) is 0 Å². The SMILES string of the molecule is CC1=CC[C@]2(C(C)C)C[C@H]1[C@H](C)O2. The molecule has 0 unspecified atom stereocenters. The summed E-state index contributed by atoms with van der Waals surface area (Å²) in [7, 11) is 0. The van der Waals surface area contributed by atoms with Gasteiger partial charge in [0.25, 0.3) is 0 Å². The Balaban J connectivity index is 2.29. The second-order valence-corrected chi connectivity index (χ2v) is 5.01. The number of hydrogen-bond donors (Lipinski definition) is 0. The number of hydrogen-bond acceptors (Lipinski definition) is 1. The van der Waals surface area contributed by atoms with Gasteiger partial charge in [-0.3, -0.25) is 0 Å². The zero-order chi connectivity index (χ0) is 9.64. The second kappa shape index (κ2) is 2.84. The lowest BCUT2D eigenvalue weighted by Crippen LogP contribution is -2.35. The highest BCUT2D eigenvalue weighted by molar-refractivity contribution is 5.18. The molecule has 0 radical (unpaired) electrons. The van der Waals surface area contributed by atoms with E-state index in [2.05, 4.69) is 33.8 Å². The van der Waals surface area contributed by atoms with Crippen LogP contribution in [0.4, 0.5) is 0 Å². The molecule has 0 spiro atoms. The van der Waals surface area contributed by atoms with E-state index < -0.39 is 0 Å². The van der Waals surface area contributed by atoms with E-state index >= 15 is 0 Å². The molecular weight excluding hydrogens is 160 g/mol. The van der Waals surface area contributed by atoms with E-state index in [4.69, 9.17) is 4.74 Å². The van der Waals surface area contributed by atoms with E-state index in [1.54, 1.807) is 5.57 Å². The fraction of sp³-hybridized carbons (Fsp3) is 0.833. The van der Waals surface area contributed by atoms with Crippen molar-refractivity contribution in [2.45, 2.75) is 52.2 Å². The van der Waals surface area contributed by atoms with Crippen LogP contribution >= 0.6 is 0 Å². The molecule has 1 aliphatic heterocycles. The highest BCUT2D eigenvalue weighted by Crippen LogP contribution is 2.48. The van der Waals surface area contributed by atoms with E-state index in [0.717, 1.165) is 6.42 Å². The third-order valence-electron chi connectivity index (χ3n) is 3.96. The summed E-state index contributed by atoms with van der Waals surface area (Å²) >= 11 is 0. The van der Waals surface area contributed by atoms with Crippen molar-refractivity contribution in [1.82, 2.24) is 0 Å². The first-order valence-electron chi connectivity index (χ1n) is 5.39. The first-order valence-corrected chi connectivity index (χ1v) is 5.39. The Bertz CT molecular complexity index is 242. The van der Waals surface area contributed by atoms with Gasteiger partial charge in [-0.1, -0.05) is 25.5 Å². The minimum atomic E-state index is 0.170. The topological polar surface area (TPSA) is 9.23 Å². The highest BCUT2D eigenvalue weighted by Gasteiger charge is 2.48. The molecule has 3 atom stereocenters. The van der Waals surface area contributed by atoms with Crippen LogP contribution in [0.2, 0.25) is 0 Å². The van der Waals surface area contributed by atoms with Gasteiger partial charge < -0.3 is 4.74 Å². The summed E-state index contributed by atoms with van der Waals surface area (Å²) in [6, 6.07) is 0. The van der Waals surface area contributed by atoms with Crippen LogP contribution in [-0.2, 0) is 4.74 Å². The molecule has 0 aromatic rings. The number of rotatable bonds is 1. The lowest BCUT2D eigenvalue weighted by molar-refractivity contribution is -0.0628. The average Bonchev–Trinajstić information content (AvgIpc) is 2.35. The lowest BCUT2D eigenvalue weighted by atomic mass is 9.75. The molecule has 2 bridgehead atoms. The van der Waals surface area contributed by atoms with Gasteiger partial charge in [0.05, 0.1) is 11.7 Å². The normalized spacial score (nSPS) is 43.9. The third kappa shape index (κ3) is 1.25. The van der Waals surface area contributed by atoms with Gasteiger partial charge >= 0.3 is 0 Å². The van der Waals surface area contributed by atoms with Crippen LogP contribution in [0.15, 0.2) is 11.6 Å². The average molecular weight is 180 g/mol. The molecule has 1 heteroatoms. The van der Waals surface area contributed by atoms with E-state index in [0.29, 0.717) is 17.9 Å². The second-order valence-electron chi connectivity index (χ2n) is 5.01. The molecule has 1 saturated heterocycles. The largest absolute Gasteiger partial charge is 0.371 e. The first kappa shape index (κ1) is 9.26. The standard InChI is InChI=1S/C12H20O/c1-8(2)12-6-5-9(3)11(7-12)10(4)13-12/h5,8,10-11H,6-7H2,1-4H3/t10-,11+,12+/m0/s1. The van der Waals surface area contributed by atoms with E-state index in [-0.39, 0.29) is 5.60 Å². The van der Waals surface area contributed by atoms with E-state index in [9.17, 15) is 0 Å². The summed E-state index contributed by atoms with van der Waals surface area (Å²) in [6.45, 7) is 9.03. The van der Waals surface area contributed by atoms with Crippen LogP contribution < -0.4 is 0 Å². The quantitative estimate of drug-likeness (QED) is 0.563. The predicted molar refractivity (Wildman–Crippen MR) is 54.6 cm³/mol. The Morgan fingerprint density at radius 3 is 2.85 bits per heavy atom. The van der Waals surface area contributed by atoms with E-state index in [1.165, 1.54) is 6.42 Å². The molecule has 0 aromatic heterocycles. The molecule has 1 aliphatic carbocycles. The summed E-state index contributed by atoms with van der Waals surface area (Å²) in [5.41, 5.74) is 1.71. The molecular formula is C12H20O. The molecule has 0 saturated carbocycles. The summed E-state index contributed by atoms with van der Waals surface area (Å²) < 4.78 is 6.15. The summed E-state index contributed by atoms with van der Waals surface area (Å²) in [5, 5.41) is 0. The van der Waals surface area contributed by atoms with Crippen molar-refractivity contribution in [3.63, 3.8) is 0 Å². The highest BCUT2D eigenvalue weighted by atomic mass is 16.5. The van der Waals surface area contributed by atoms with Gasteiger partial charge in [0.15, 0.2) is 0 Å². The fourth-order valence-electron chi connectivity index (χ4n) is 2.79. The maximum atomic E-state index is 6.15. The minimum Gasteiger partial charge on any atom is -0.371 e. The fourth-order valence-corrected chi connectivity index (χ4v) is 2.79. The van der Waals surface area contributed by atoms with Gasteiger partial charge in [0, 0.05) is 5.92 Å². The maximum Gasteiger partial charge on any atom is 0.0750 e. The van der Waals surface area contributed by atoms with Crippen LogP contribution in [0.5, 0.6) is 0 Å². The Kier molecular flexibility index (Phi) is 2.03. The maximum absolute atomic E-state index is 6.15. The van der Waals surface area contributed by atoms with Gasteiger partial charge in [0.2, 0.25) is 0 Å². The van der Waals surface area contributed by atoms with Gasteiger partial charge in [-0.05, 0) is 32.6 Å². The molecule has 74 valence electrons. The molecule has 2 aliphatic rings. The third-order valence-corrected chi connectivity index (χ3v) is 3.96. The molecule has 13 heavy (non-hydrogen) atoms. The van der Waals surface area contributed by atoms with Crippen molar-refractivity contribution in [3.05, 3.63) is 11.6 Å². The Morgan fingerprint density at radius 1 is 1.54 bits per heavy atom. The molecule has 0 aromatic carbocycles. The van der Waals surface area contributed by atoms with E-state index in [1.807, 2.05) is 0 Å². The Morgan fingerprint density at radius 2 is 2.23 bits per heavy atom. The van der Waals surface area contributed by atoms with Crippen molar-refractivity contribution in [2.24, 2.45) is 11.8 Å². The van der Waals surface area contributed by atoms with Crippen LogP contribution in [0.1, 0.15) is 40.5 Å². The van der Waals surface area contributed by atoms with Crippen molar-refractivity contribution >= 4 is 0 Å². The Labute approximate surface area is 81.2 Å². The molecule has 1 fully saturated rings. The molecule has 0 amide bonds. The van der Waals surface area contributed by atoms with Crippen molar-refractivity contribution in [3.8, 4) is 0 Å². The molecule has 1 heterocycles.